The number of nitrogens with one attached hydrogen (secondary N) is 1. The molecule has 1 saturated carbocycles. The quantitative estimate of drug-likeness (QED) is 0.501. The zero-order valence-corrected chi connectivity index (χ0v) is 15.5. The molecule has 0 spiro atoms. The van der Waals surface area contributed by atoms with E-state index in [4.69, 9.17) is 0 Å². The molecule has 1 fully saturated rings. The Kier molecular flexibility index (Phi) is 8.94. The largest absolute Gasteiger partial charge is 0.312 e. The Morgan fingerprint density at radius 3 is 2.24 bits per heavy atom. The van der Waals surface area contributed by atoms with Gasteiger partial charge in [-0.15, -0.1) is 0 Å². The third-order valence-electron chi connectivity index (χ3n) is 5.40. The zero-order valence-electron chi connectivity index (χ0n) is 15.5. The highest BCUT2D eigenvalue weighted by Gasteiger charge is 2.29. The normalized spacial score (nSPS) is 27.0. The Hall–Kier alpha value is -0.0400. The van der Waals surface area contributed by atoms with Gasteiger partial charge >= 0.3 is 0 Å². The van der Waals surface area contributed by atoms with Gasteiger partial charge in [0.25, 0.3) is 0 Å². The third kappa shape index (κ3) is 8.24. The summed E-state index contributed by atoms with van der Waals surface area (Å²) in [6.45, 7) is 12.8. The van der Waals surface area contributed by atoms with Crippen molar-refractivity contribution in [2.75, 3.05) is 6.54 Å². The Labute approximate surface area is 134 Å². The van der Waals surface area contributed by atoms with E-state index in [1.165, 1.54) is 70.8 Å². The van der Waals surface area contributed by atoms with Crippen LogP contribution in [0.25, 0.3) is 0 Å². The SMILES string of the molecule is CCCCCCCC1CC(CC)CCC1CNC(C)(C)C. The molecule has 0 amide bonds. The lowest BCUT2D eigenvalue weighted by Crippen LogP contribution is -2.42. The number of hydrogen-bond donors (Lipinski definition) is 1. The van der Waals surface area contributed by atoms with Crippen LogP contribution in [0.3, 0.4) is 0 Å². The first kappa shape index (κ1) is 19.0. The summed E-state index contributed by atoms with van der Waals surface area (Å²) in [6, 6.07) is 0. The van der Waals surface area contributed by atoms with Gasteiger partial charge in [0.1, 0.15) is 0 Å². The van der Waals surface area contributed by atoms with Crippen molar-refractivity contribution >= 4 is 0 Å². The van der Waals surface area contributed by atoms with Crippen LogP contribution in [0.2, 0.25) is 0 Å². The van der Waals surface area contributed by atoms with Gasteiger partial charge in [0, 0.05) is 5.54 Å². The fraction of sp³-hybridized carbons (Fsp3) is 1.00. The molecule has 0 heterocycles. The summed E-state index contributed by atoms with van der Waals surface area (Å²) >= 11 is 0. The van der Waals surface area contributed by atoms with Crippen LogP contribution in [-0.4, -0.2) is 12.1 Å². The predicted octanol–water partition coefficient (Wildman–Crippen LogP) is 6.18. The van der Waals surface area contributed by atoms with Crippen molar-refractivity contribution in [3.05, 3.63) is 0 Å². The molecule has 0 aromatic carbocycles. The van der Waals surface area contributed by atoms with Gasteiger partial charge in [0.2, 0.25) is 0 Å². The van der Waals surface area contributed by atoms with Gasteiger partial charge in [-0.2, -0.15) is 0 Å². The Balaban J connectivity index is 2.38. The Morgan fingerprint density at radius 1 is 0.905 bits per heavy atom. The Morgan fingerprint density at radius 2 is 1.62 bits per heavy atom. The van der Waals surface area contributed by atoms with Crippen LogP contribution in [0, 0.1) is 17.8 Å². The van der Waals surface area contributed by atoms with Crippen molar-refractivity contribution in [3.63, 3.8) is 0 Å². The molecular weight excluding hydrogens is 254 g/mol. The van der Waals surface area contributed by atoms with Gasteiger partial charge in [-0.3, -0.25) is 0 Å². The van der Waals surface area contributed by atoms with Gasteiger partial charge in [-0.05, 0) is 57.9 Å². The van der Waals surface area contributed by atoms with Crippen molar-refractivity contribution in [1.82, 2.24) is 5.32 Å². The minimum atomic E-state index is 0.271. The van der Waals surface area contributed by atoms with Crippen LogP contribution in [0.5, 0.6) is 0 Å². The van der Waals surface area contributed by atoms with Gasteiger partial charge in [0.05, 0.1) is 0 Å². The maximum atomic E-state index is 3.77. The fourth-order valence-corrected chi connectivity index (χ4v) is 3.86. The highest BCUT2D eigenvalue weighted by atomic mass is 14.9. The summed E-state index contributed by atoms with van der Waals surface area (Å²) in [7, 11) is 0. The molecule has 0 radical (unpaired) electrons. The molecule has 0 aromatic rings. The number of rotatable bonds is 9. The summed E-state index contributed by atoms with van der Waals surface area (Å²) in [5.41, 5.74) is 0.271. The molecule has 0 aromatic heterocycles. The van der Waals surface area contributed by atoms with Crippen molar-refractivity contribution in [3.8, 4) is 0 Å². The molecule has 1 aliphatic rings. The summed E-state index contributed by atoms with van der Waals surface area (Å²) in [4.78, 5) is 0. The van der Waals surface area contributed by atoms with Crippen molar-refractivity contribution in [2.24, 2.45) is 17.8 Å². The monoisotopic (exact) mass is 295 g/mol. The van der Waals surface area contributed by atoms with Crippen molar-refractivity contribution in [2.45, 2.75) is 104 Å². The molecule has 0 aliphatic heterocycles. The molecule has 1 aliphatic carbocycles. The molecule has 0 saturated heterocycles. The molecule has 21 heavy (non-hydrogen) atoms. The van der Waals surface area contributed by atoms with E-state index in [1.54, 1.807) is 0 Å². The first-order valence-corrected chi connectivity index (χ1v) is 9.71. The zero-order chi connectivity index (χ0) is 15.7. The molecule has 0 bridgehead atoms. The minimum Gasteiger partial charge on any atom is -0.312 e. The van der Waals surface area contributed by atoms with Crippen LogP contribution in [0.1, 0.15) is 98.8 Å². The fourth-order valence-electron chi connectivity index (χ4n) is 3.86. The maximum absolute atomic E-state index is 3.77. The highest BCUT2D eigenvalue weighted by Crippen LogP contribution is 2.38. The van der Waals surface area contributed by atoms with E-state index < -0.39 is 0 Å². The van der Waals surface area contributed by atoms with Crippen LogP contribution >= 0.6 is 0 Å². The molecule has 1 nitrogen and oxygen atoms in total. The van der Waals surface area contributed by atoms with E-state index in [0.717, 1.165) is 17.8 Å². The first-order valence-electron chi connectivity index (χ1n) is 9.71. The van der Waals surface area contributed by atoms with E-state index in [2.05, 4.69) is 39.9 Å². The second kappa shape index (κ2) is 9.87. The van der Waals surface area contributed by atoms with E-state index in [1.807, 2.05) is 0 Å². The third-order valence-corrected chi connectivity index (χ3v) is 5.40. The van der Waals surface area contributed by atoms with Crippen LogP contribution in [0.15, 0.2) is 0 Å². The lowest BCUT2D eigenvalue weighted by molar-refractivity contribution is 0.152. The van der Waals surface area contributed by atoms with Crippen molar-refractivity contribution in [1.29, 1.82) is 0 Å². The number of hydrogen-bond acceptors (Lipinski definition) is 1. The van der Waals surface area contributed by atoms with E-state index in [-0.39, 0.29) is 5.54 Å². The van der Waals surface area contributed by atoms with Gasteiger partial charge in [0.15, 0.2) is 0 Å². The molecule has 1 heteroatoms. The average molecular weight is 296 g/mol. The van der Waals surface area contributed by atoms with Gasteiger partial charge < -0.3 is 5.32 Å². The maximum Gasteiger partial charge on any atom is 0.00966 e. The van der Waals surface area contributed by atoms with Crippen molar-refractivity contribution < 1.29 is 0 Å². The summed E-state index contributed by atoms with van der Waals surface area (Å²) in [6.07, 6.45) is 14.5. The molecule has 1 rings (SSSR count). The molecule has 3 unspecified atom stereocenters. The van der Waals surface area contributed by atoms with E-state index in [0.29, 0.717) is 0 Å². The second-order valence-corrected chi connectivity index (χ2v) is 8.44. The topological polar surface area (TPSA) is 12.0 Å². The van der Waals surface area contributed by atoms with Gasteiger partial charge in [-0.25, -0.2) is 0 Å². The molecule has 3 atom stereocenters. The summed E-state index contributed by atoms with van der Waals surface area (Å²) < 4.78 is 0. The lowest BCUT2D eigenvalue weighted by atomic mass is 9.71. The Bertz CT molecular complexity index is 253. The van der Waals surface area contributed by atoms with Crippen LogP contribution in [-0.2, 0) is 0 Å². The predicted molar refractivity (Wildman–Crippen MR) is 95.7 cm³/mol. The standard InChI is InChI=1S/C20H41N/c1-6-8-9-10-11-12-18-15-17(7-2)13-14-19(18)16-21-20(3,4)5/h17-19,21H,6-16H2,1-5H3. The highest BCUT2D eigenvalue weighted by molar-refractivity contribution is 4.83. The van der Waals surface area contributed by atoms with Crippen LogP contribution < -0.4 is 5.32 Å². The number of unbranched alkanes of at least 4 members (excludes halogenated alkanes) is 4. The van der Waals surface area contributed by atoms with E-state index in [9.17, 15) is 0 Å². The average Bonchev–Trinajstić information content (AvgIpc) is 2.44. The smallest absolute Gasteiger partial charge is 0.00966 e. The van der Waals surface area contributed by atoms with Crippen LogP contribution in [0.4, 0.5) is 0 Å². The van der Waals surface area contributed by atoms with E-state index >= 15 is 0 Å². The summed E-state index contributed by atoms with van der Waals surface area (Å²) in [5.74, 6) is 2.93. The molecule has 126 valence electrons. The minimum absolute atomic E-state index is 0.271. The molecule has 1 N–H and O–H groups in total. The summed E-state index contributed by atoms with van der Waals surface area (Å²) in [5, 5.41) is 3.77. The lowest BCUT2D eigenvalue weighted by Gasteiger charge is -2.38. The first-order chi connectivity index (χ1) is 9.96. The van der Waals surface area contributed by atoms with Gasteiger partial charge in [-0.1, -0.05) is 65.2 Å². The second-order valence-electron chi connectivity index (χ2n) is 8.44. The molecular formula is C20H41N.